The molecule has 11 heteroatoms. The second-order valence-electron chi connectivity index (χ2n) is 9.64. The summed E-state index contributed by atoms with van der Waals surface area (Å²) in [5.41, 5.74) is 4.05. The van der Waals surface area contributed by atoms with E-state index < -0.39 is 16.1 Å². The first-order valence-corrected chi connectivity index (χ1v) is 13.7. The molecule has 0 saturated carbocycles. The van der Waals surface area contributed by atoms with E-state index >= 15 is 0 Å². The number of fused-ring (bicyclic) bond motifs is 1. The van der Waals surface area contributed by atoms with Crippen molar-refractivity contribution >= 4 is 27.3 Å². The minimum absolute atomic E-state index is 0.0257. The minimum atomic E-state index is -3.30. The highest BCUT2D eigenvalue weighted by Crippen LogP contribution is 2.35. The summed E-state index contributed by atoms with van der Waals surface area (Å²) in [7, 11) is -3.30. The molecule has 3 aromatic rings. The maximum atomic E-state index is 11.9. The van der Waals surface area contributed by atoms with E-state index in [-0.39, 0.29) is 18.6 Å². The smallest absolute Gasteiger partial charge is 0.242 e. The zero-order valence-corrected chi connectivity index (χ0v) is 21.1. The van der Waals surface area contributed by atoms with Crippen LogP contribution in [0.5, 0.6) is 5.88 Å². The summed E-state index contributed by atoms with van der Waals surface area (Å²) < 4.78 is 37.0. The Labute approximate surface area is 210 Å². The predicted octanol–water partition coefficient (Wildman–Crippen LogP) is 1.50. The number of hydrogen-bond donors (Lipinski definition) is 0. The van der Waals surface area contributed by atoms with Gasteiger partial charge in [-0.25, -0.2) is 18.4 Å². The van der Waals surface area contributed by atoms with Gasteiger partial charge in [-0.1, -0.05) is 31.2 Å². The lowest BCUT2D eigenvalue weighted by atomic mass is 9.75. The summed E-state index contributed by atoms with van der Waals surface area (Å²) >= 11 is 0. The fraction of sp³-hybridized carbons (Fsp3) is 0.440. The molecule has 2 aromatic heterocycles. The molecule has 0 spiro atoms. The van der Waals surface area contributed by atoms with Crippen molar-refractivity contribution < 1.29 is 22.7 Å². The van der Waals surface area contributed by atoms with Gasteiger partial charge in [0.1, 0.15) is 19.0 Å². The molecule has 0 N–H and O–H groups in total. The van der Waals surface area contributed by atoms with Crippen molar-refractivity contribution in [3.8, 4) is 17.1 Å². The summed E-state index contributed by atoms with van der Waals surface area (Å²) in [4.78, 5) is 26.4. The topological polar surface area (TPSA) is 115 Å². The number of hydrogen-bond acceptors (Lipinski definition) is 9. The van der Waals surface area contributed by atoms with Crippen LogP contribution in [-0.4, -0.2) is 97.2 Å². The zero-order chi connectivity index (χ0) is 25.3. The van der Waals surface area contributed by atoms with Crippen LogP contribution < -0.4 is 4.74 Å². The lowest BCUT2D eigenvalue weighted by Crippen LogP contribution is -2.57. The van der Waals surface area contributed by atoms with Gasteiger partial charge in [0.2, 0.25) is 15.9 Å². The SMILES string of the molecule is CC1(c2ccc(-c3cc4nccnc4c(OC[C@@H]4CN(S(C)(=O)=O)CCO4)n3)cc2)CN(CC=O)C1. The van der Waals surface area contributed by atoms with E-state index in [2.05, 4.69) is 33.9 Å². The Bertz CT molecular complexity index is 1360. The van der Waals surface area contributed by atoms with Gasteiger partial charge in [-0.15, -0.1) is 0 Å². The van der Waals surface area contributed by atoms with Crippen LogP contribution in [0.3, 0.4) is 0 Å². The summed E-state index contributed by atoms with van der Waals surface area (Å²) in [5.74, 6) is 0.329. The van der Waals surface area contributed by atoms with Gasteiger partial charge in [0.05, 0.1) is 30.6 Å². The number of aromatic nitrogens is 3. The van der Waals surface area contributed by atoms with Crippen molar-refractivity contribution in [1.29, 1.82) is 0 Å². The van der Waals surface area contributed by atoms with Crippen LogP contribution in [0.15, 0.2) is 42.7 Å². The second-order valence-corrected chi connectivity index (χ2v) is 11.6. The molecule has 5 rings (SSSR count). The first kappa shape index (κ1) is 24.7. The molecule has 0 bridgehead atoms. The van der Waals surface area contributed by atoms with E-state index in [9.17, 15) is 13.2 Å². The quantitative estimate of drug-likeness (QED) is 0.415. The zero-order valence-electron chi connectivity index (χ0n) is 20.3. The van der Waals surface area contributed by atoms with Crippen molar-refractivity contribution in [1.82, 2.24) is 24.2 Å². The molecule has 0 radical (unpaired) electrons. The minimum Gasteiger partial charge on any atom is -0.473 e. The van der Waals surface area contributed by atoms with Crippen molar-refractivity contribution in [2.45, 2.75) is 18.4 Å². The number of morpholine rings is 1. The molecule has 10 nitrogen and oxygen atoms in total. The summed E-state index contributed by atoms with van der Waals surface area (Å²) in [6, 6.07) is 10.2. The third-order valence-electron chi connectivity index (χ3n) is 6.76. The van der Waals surface area contributed by atoms with Crippen LogP contribution in [0.2, 0.25) is 0 Å². The highest BCUT2D eigenvalue weighted by atomic mass is 32.2. The van der Waals surface area contributed by atoms with Crippen LogP contribution in [0.25, 0.3) is 22.3 Å². The number of likely N-dealkylation sites (tertiary alicyclic amines) is 1. The molecule has 1 aromatic carbocycles. The highest BCUT2D eigenvalue weighted by Gasteiger charge is 2.39. The number of sulfonamides is 1. The molecule has 190 valence electrons. The summed E-state index contributed by atoms with van der Waals surface area (Å²) in [6.45, 7) is 5.40. The first-order chi connectivity index (χ1) is 17.2. The molecule has 2 saturated heterocycles. The summed E-state index contributed by atoms with van der Waals surface area (Å²) in [5, 5.41) is 0. The standard InChI is InChI=1S/C25H29N5O5S/c1-25(16-29(17-25)9-11-31)19-5-3-18(4-6-19)21-13-22-23(27-8-7-26-22)24(28-21)35-15-20-14-30(10-12-34-20)36(2,32)33/h3-8,11,13,20H,9-10,12,14-17H2,1-2H3/t20-/m0/s1. The Balaban J connectivity index is 1.36. The van der Waals surface area contributed by atoms with Crippen molar-refractivity contribution in [3.05, 3.63) is 48.3 Å². The van der Waals surface area contributed by atoms with Crippen molar-refractivity contribution in [2.24, 2.45) is 0 Å². The Morgan fingerprint density at radius 3 is 2.67 bits per heavy atom. The maximum absolute atomic E-state index is 11.9. The van der Waals surface area contributed by atoms with Gasteiger partial charge in [-0.2, -0.15) is 4.31 Å². The number of pyridine rings is 1. The number of ether oxygens (including phenoxy) is 2. The normalized spacial score (nSPS) is 20.7. The van der Waals surface area contributed by atoms with E-state index in [1.165, 1.54) is 16.1 Å². The third-order valence-corrected chi connectivity index (χ3v) is 8.03. The van der Waals surface area contributed by atoms with E-state index in [0.29, 0.717) is 42.3 Å². The Morgan fingerprint density at radius 2 is 1.94 bits per heavy atom. The molecule has 0 aliphatic carbocycles. The molecule has 2 aliphatic heterocycles. The van der Waals surface area contributed by atoms with E-state index in [1.807, 2.05) is 18.2 Å². The fourth-order valence-corrected chi connectivity index (χ4v) is 5.70. The average molecular weight is 512 g/mol. The lowest BCUT2D eigenvalue weighted by molar-refractivity contribution is -0.110. The number of nitrogens with zero attached hydrogens (tertiary/aromatic N) is 5. The van der Waals surface area contributed by atoms with Gasteiger partial charge in [-0.05, 0) is 11.6 Å². The van der Waals surface area contributed by atoms with Crippen LogP contribution in [0, 0.1) is 0 Å². The third kappa shape index (κ3) is 5.10. The Kier molecular flexibility index (Phi) is 6.73. The van der Waals surface area contributed by atoms with E-state index in [0.717, 1.165) is 24.9 Å². The van der Waals surface area contributed by atoms with E-state index in [1.54, 1.807) is 12.4 Å². The molecule has 2 aliphatic rings. The molecular weight excluding hydrogens is 482 g/mol. The summed E-state index contributed by atoms with van der Waals surface area (Å²) in [6.07, 6.45) is 4.93. The highest BCUT2D eigenvalue weighted by molar-refractivity contribution is 7.88. The van der Waals surface area contributed by atoms with Crippen molar-refractivity contribution in [2.75, 3.05) is 52.2 Å². The van der Waals surface area contributed by atoms with Crippen LogP contribution in [-0.2, 0) is 25.0 Å². The second kappa shape index (κ2) is 9.81. The van der Waals surface area contributed by atoms with Gasteiger partial charge in [0.15, 0.2) is 5.52 Å². The number of carbonyl (C=O) groups is 1. The number of carbonyl (C=O) groups excluding carboxylic acids is 1. The number of aldehydes is 1. The molecule has 0 amide bonds. The monoisotopic (exact) mass is 511 g/mol. The van der Waals surface area contributed by atoms with E-state index in [4.69, 9.17) is 14.5 Å². The van der Waals surface area contributed by atoms with Crippen LogP contribution in [0.4, 0.5) is 0 Å². The van der Waals surface area contributed by atoms with Gasteiger partial charge in [0, 0.05) is 49.6 Å². The Hall–Kier alpha value is -2.99. The van der Waals surface area contributed by atoms with Crippen molar-refractivity contribution in [3.63, 3.8) is 0 Å². The average Bonchev–Trinajstić information content (AvgIpc) is 2.86. The molecule has 36 heavy (non-hydrogen) atoms. The van der Waals surface area contributed by atoms with Gasteiger partial charge in [-0.3, -0.25) is 9.88 Å². The Morgan fingerprint density at radius 1 is 1.19 bits per heavy atom. The predicted molar refractivity (Wildman–Crippen MR) is 134 cm³/mol. The lowest BCUT2D eigenvalue weighted by Gasteiger charge is -2.48. The van der Waals surface area contributed by atoms with Crippen LogP contribution in [0.1, 0.15) is 12.5 Å². The maximum Gasteiger partial charge on any atom is 0.242 e. The molecule has 1 atom stereocenters. The van der Waals surface area contributed by atoms with Gasteiger partial charge in [0.25, 0.3) is 0 Å². The van der Waals surface area contributed by atoms with Gasteiger partial charge < -0.3 is 14.3 Å². The number of benzene rings is 1. The van der Waals surface area contributed by atoms with Crippen LogP contribution >= 0.6 is 0 Å². The van der Waals surface area contributed by atoms with Gasteiger partial charge >= 0.3 is 0 Å². The molecule has 0 unspecified atom stereocenters. The molecule has 4 heterocycles. The first-order valence-electron chi connectivity index (χ1n) is 11.8. The molecule has 2 fully saturated rings. The fourth-order valence-electron chi connectivity index (χ4n) is 4.86. The number of rotatable bonds is 8. The largest absolute Gasteiger partial charge is 0.473 e. The molecular formula is C25H29N5O5S.